The van der Waals surface area contributed by atoms with E-state index in [2.05, 4.69) is 23.5 Å². The molecule has 3 nitrogen and oxygen atoms in total. The Labute approximate surface area is 136 Å². The first-order valence-corrected chi connectivity index (χ1v) is 8.47. The molecule has 1 fully saturated rings. The molecular formula is C20H22N2O. The SMILES string of the molecule is NC(=O)c1cccc(-c2ccc3c(c2)NCC32CCCCC2)c1. The summed E-state index contributed by atoms with van der Waals surface area (Å²) in [7, 11) is 0. The highest BCUT2D eigenvalue weighted by molar-refractivity contribution is 5.94. The summed E-state index contributed by atoms with van der Waals surface area (Å²) in [5.41, 5.74) is 11.2. The molecule has 3 N–H and O–H groups in total. The average molecular weight is 306 g/mol. The van der Waals surface area contributed by atoms with E-state index in [1.54, 1.807) is 6.07 Å². The van der Waals surface area contributed by atoms with Crippen LogP contribution in [0.4, 0.5) is 5.69 Å². The van der Waals surface area contributed by atoms with Crippen molar-refractivity contribution in [3.63, 3.8) is 0 Å². The fourth-order valence-electron chi connectivity index (χ4n) is 4.22. The number of amides is 1. The zero-order valence-electron chi connectivity index (χ0n) is 13.3. The van der Waals surface area contributed by atoms with Gasteiger partial charge < -0.3 is 11.1 Å². The van der Waals surface area contributed by atoms with Gasteiger partial charge in [0.05, 0.1) is 0 Å². The Morgan fingerprint density at radius 3 is 2.57 bits per heavy atom. The molecular weight excluding hydrogens is 284 g/mol. The van der Waals surface area contributed by atoms with Gasteiger partial charge in [-0.2, -0.15) is 0 Å². The molecule has 118 valence electrons. The van der Waals surface area contributed by atoms with E-state index in [4.69, 9.17) is 5.73 Å². The first kappa shape index (κ1) is 14.3. The van der Waals surface area contributed by atoms with Gasteiger partial charge in [0.25, 0.3) is 0 Å². The smallest absolute Gasteiger partial charge is 0.248 e. The summed E-state index contributed by atoms with van der Waals surface area (Å²) in [4.78, 5) is 11.4. The molecule has 0 atom stereocenters. The van der Waals surface area contributed by atoms with Gasteiger partial charge in [-0.05, 0) is 47.7 Å². The second-order valence-electron chi connectivity index (χ2n) is 6.90. The maximum Gasteiger partial charge on any atom is 0.248 e. The lowest BCUT2D eigenvalue weighted by Crippen LogP contribution is -2.30. The third-order valence-corrected chi connectivity index (χ3v) is 5.50. The van der Waals surface area contributed by atoms with Crippen molar-refractivity contribution in [1.29, 1.82) is 0 Å². The first-order valence-electron chi connectivity index (χ1n) is 8.47. The second-order valence-corrected chi connectivity index (χ2v) is 6.90. The summed E-state index contributed by atoms with van der Waals surface area (Å²) in [6.07, 6.45) is 6.63. The predicted molar refractivity (Wildman–Crippen MR) is 93.6 cm³/mol. The van der Waals surface area contributed by atoms with Crippen LogP contribution in [0.2, 0.25) is 0 Å². The molecule has 4 rings (SSSR count). The van der Waals surface area contributed by atoms with Crippen molar-refractivity contribution >= 4 is 11.6 Å². The van der Waals surface area contributed by atoms with Crippen LogP contribution in [0.5, 0.6) is 0 Å². The zero-order valence-corrected chi connectivity index (χ0v) is 13.3. The van der Waals surface area contributed by atoms with E-state index < -0.39 is 0 Å². The Morgan fingerprint density at radius 2 is 1.78 bits per heavy atom. The summed E-state index contributed by atoms with van der Waals surface area (Å²) >= 11 is 0. The Hall–Kier alpha value is -2.29. The molecule has 23 heavy (non-hydrogen) atoms. The highest BCUT2D eigenvalue weighted by Crippen LogP contribution is 2.47. The summed E-state index contributed by atoms with van der Waals surface area (Å²) in [6.45, 7) is 1.06. The first-order chi connectivity index (χ1) is 11.2. The Morgan fingerprint density at radius 1 is 1.00 bits per heavy atom. The number of benzene rings is 2. The third kappa shape index (κ3) is 2.40. The number of primary amides is 1. The van der Waals surface area contributed by atoms with Gasteiger partial charge in [-0.25, -0.2) is 0 Å². The van der Waals surface area contributed by atoms with Crippen LogP contribution >= 0.6 is 0 Å². The van der Waals surface area contributed by atoms with Gasteiger partial charge in [-0.3, -0.25) is 4.79 Å². The summed E-state index contributed by atoms with van der Waals surface area (Å²) in [5.74, 6) is -0.382. The molecule has 1 aliphatic carbocycles. The number of carbonyl (C=O) groups is 1. The van der Waals surface area contributed by atoms with Crippen LogP contribution in [-0.4, -0.2) is 12.5 Å². The topological polar surface area (TPSA) is 55.1 Å². The van der Waals surface area contributed by atoms with Crippen LogP contribution in [0.15, 0.2) is 42.5 Å². The molecule has 3 heteroatoms. The number of hydrogen-bond donors (Lipinski definition) is 2. The summed E-state index contributed by atoms with van der Waals surface area (Å²) < 4.78 is 0. The lowest BCUT2D eigenvalue weighted by Gasteiger charge is -2.33. The number of fused-ring (bicyclic) bond motifs is 2. The molecule has 2 aromatic rings. The average Bonchev–Trinajstić information content (AvgIpc) is 2.93. The van der Waals surface area contributed by atoms with Gasteiger partial charge in [0, 0.05) is 23.2 Å². The number of hydrogen-bond acceptors (Lipinski definition) is 2. The molecule has 2 aliphatic rings. The van der Waals surface area contributed by atoms with Crippen LogP contribution in [0.1, 0.15) is 48.0 Å². The molecule has 1 spiro atoms. The highest BCUT2D eigenvalue weighted by Gasteiger charge is 2.39. The van der Waals surface area contributed by atoms with Crippen molar-refractivity contribution in [1.82, 2.24) is 0 Å². The normalized spacial score (nSPS) is 18.4. The maximum atomic E-state index is 11.4. The summed E-state index contributed by atoms with van der Waals surface area (Å²) in [6, 6.07) is 14.2. The van der Waals surface area contributed by atoms with Crippen LogP contribution in [-0.2, 0) is 5.41 Å². The molecule has 1 aliphatic heterocycles. The van der Waals surface area contributed by atoms with Gasteiger partial charge >= 0.3 is 0 Å². The number of nitrogens with two attached hydrogens (primary N) is 1. The minimum Gasteiger partial charge on any atom is -0.384 e. The Bertz CT molecular complexity index is 760. The number of nitrogens with one attached hydrogen (secondary N) is 1. The van der Waals surface area contributed by atoms with Crippen LogP contribution in [0.25, 0.3) is 11.1 Å². The molecule has 1 saturated carbocycles. The van der Waals surface area contributed by atoms with E-state index in [1.165, 1.54) is 43.4 Å². The standard InChI is InChI=1S/C20H22N2O/c21-19(23)16-6-4-5-14(11-16)15-7-8-17-18(12-15)22-13-20(17)9-2-1-3-10-20/h4-8,11-12,22H,1-3,9-10,13H2,(H2,21,23). The lowest BCUT2D eigenvalue weighted by molar-refractivity contribution is 0.100. The van der Waals surface area contributed by atoms with Gasteiger partial charge in [-0.15, -0.1) is 0 Å². The largest absolute Gasteiger partial charge is 0.384 e. The lowest BCUT2D eigenvalue weighted by atomic mass is 9.70. The zero-order chi connectivity index (χ0) is 15.9. The van der Waals surface area contributed by atoms with Crippen LogP contribution in [0, 0.1) is 0 Å². The minimum absolute atomic E-state index is 0.348. The van der Waals surface area contributed by atoms with Crippen LogP contribution < -0.4 is 11.1 Å². The molecule has 0 unspecified atom stereocenters. The van der Waals surface area contributed by atoms with Crippen molar-refractivity contribution in [2.45, 2.75) is 37.5 Å². The van der Waals surface area contributed by atoms with Crippen molar-refractivity contribution < 1.29 is 4.79 Å². The van der Waals surface area contributed by atoms with E-state index in [0.29, 0.717) is 11.0 Å². The Kier molecular flexibility index (Phi) is 3.37. The fourth-order valence-corrected chi connectivity index (χ4v) is 4.22. The van der Waals surface area contributed by atoms with E-state index in [1.807, 2.05) is 18.2 Å². The van der Waals surface area contributed by atoms with E-state index >= 15 is 0 Å². The van der Waals surface area contributed by atoms with Gasteiger partial charge in [0.2, 0.25) is 5.91 Å². The maximum absolute atomic E-state index is 11.4. The quantitative estimate of drug-likeness (QED) is 0.878. The Balaban J connectivity index is 1.71. The molecule has 1 heterocycles. The predicted octanol–water partition coefficient (Wildman–Crippen LogP) is 4.08. The van der Waals surface area contributed by atoms with Crippen molar-refractivity contribution in [2.24, 2.45) is 5.73 Å². The third-order valence-electron chi connectivity index (χ3n) is 5.50. The minimum atomic E-state index is -0.382. The number of carbonyl (C=O) groups excluding carboxylic acids is 1. The van der Waals surface area contributed by atoms with Crippen molar-refractivity contribution in [2.75, 3.05) is 11.9 Å². The van der Waals surface area contributed by atoms with Gasteiger partial charge in [-0.1, -0.05) is 43.5 Å². The molecule has 0 bridgehead atoms. The summed E-state index contributed by atoms with van der Waals surface area (Å²) in [5, 5.41) is 3.62. The molecule has 0 radical (unpaired) electrons. The van der Waals surface area contributed by atoms with Gasteiger partial charge in [0.1, 0.15) is 0 Å². The monoisotopic (exact) mass is 306 g/mol. The number of anilines is 1. The molecule has 0 aromatic heterocycles. The molecule has 1 amide bonds. The van der Waals surface area contributed by atoms with Crippen molar-refractivity contribution in [3.05, 3.63) is 53.6 Å². The van der Waals surface area contributed by atoms with Crippen LogP contribution in [0.3, 0.4) is 0 Å². The second kappa shape index (κ2) is 5.41. The van der Waals surface area contributed by atoms with Crippen molar-refractivity contribution in [3.8, 4) is 11.1 Å². The van der Waals surface area contributed by atoms with E-state index in [9.17, 15) is 4.79 Å². The highest BCUT2D eigenvalue weighted by atomic mass is 16.1. The van der Waals surface area contributed by atoms with E-state index in [-0.39, 0.29) is 5.91 Å². The molecule has 2 aromatic carbocycles. The van der Waals surface area contributed by atoms with Gasteiger partial charge in [0.15, 0.2) is 0 Å². The fraction of sp³-hybridized carbons (Fsp3) is 0.350. The molecule has 0 saturated heterocycles. The number of rotatable bonds is 2. The van der Waals surface area contributed by atoms with E-state index in [0.717, 1.165) is 17.7 Å².